The van der Waals surface area contributed by atoms with Crippen molar-refractivity contribution in [1.29, 1.82) is 0 Å². The molecule has 2 unspecified atom stereocenters. The Kier molecular flexibility index (Phi) is 2.65. The first-order valence-electron chi connectivity index (χ1n) is 5.95. The zero-order chi connectivity index (χ0) is 10.2. The van der Waals surface area contributed by atoms with Crippen LogP contribution in [0.4, 0.5) is 0 Å². The molecule has 0 aromatic heterocycles. The Labute approximate surface area is 86.7 Å². The van der Waals surface area contributed by atoms with E-state index in [1.165, 1.54) is 25.8 Å². The highest BCUT2D eigenvalue weighted by Crippen LogP contribution is 2.55. The van der Waals surface area contributed by atoms with Crippen molar-refractivity contribution in [2.75, 3.05) is 13.1 Å². The van der Waals surface area contributed by atoms with E-state index >= 15 is 0 Å². The average molecular weight is 195 g/mol. The number of aldehydes is 1. The van der Waals surface area contributed by atoms with Crippen LogP contribution in [0.1, 0.15) is 39.5 Å². The van der Waals surface area contributed by atoms with Crippen LogP contribution in [0.25, 0.3) is 0 Å². The molecule has 0 bridgehead atoms. The lowest BCUT2D eigenvalue weighted by atomic mass is 9.58. The normalized spacial score (nSPS) is 42.7. The molecule has 14 heavy (non-hydrogen) atoms. The highest BCUT2D eigenvalue weighted by atomic mass is 16.1. The molecule has 1 aliphatic heterocycles. The lowest BCUT2D eigenvalue weighted by Gasteiger charge is -2.47. The van der Waals surface area contributed by atoms with E-state index in [1.54, 1.807) is 0 Å². The summed E-state index contributed by atoms with van der Waals surface area (Å²) in [6, 6.07) is 0.217. The van der Waals surface area contributed by atoms with Gasteiger partial charge in [-0.25, -0.2) is 0 Å². The van der Waals surface area contributed by atoms with Gasteiger partial charge in [0.15, 0.2) is 0 Å². The van der Waals surface area contributed by atoms with E-state index in [0.29, 0.717) is 5.41 Å². The summed E-state index contributed by atoms with van der Waals surface area (Å²) in [4.78, 5) is 13.3. The lowest BCUT2D eigenvalue weighted by Crippen LogP contribution is -2.42. The molecule has 0 N–H and O–H groups in total. The minimum absolute atomic E-state index is 0.217. The smallest absolute Gasteiger partial charge is 0.137 e. The van der Waals surface area contributed by atoms with E-state index < -0.39 is 0 Å². The van der Waals surface area contributed by atoms with E-state index in [9.17, 15) is 4.79 Å². The van der Waals surface area contributed by atoms with Gasteiger partial charge in [0.1, 0.15) is 6.29 Å². The van der Waals surface area contributed by atoms with Gasteiger partial charge in [-0.2, -0.15) is 0 Å². The quantitative estimate of drug-likeness (QED) is 0.643. The zero-order valence-electron chi connectivity index (χ0n) is 9.33. The molecule has 0 amide bonds. The van der Waals surface area contributed by atoms with Crippen molar-refractivity contribution in [3.05, 3.63) is 0 Å². The molecule has 2 heteroatoms. The molecule has 0 radical (unpaired) electrons. The SMILES string of the molecule is CCC1CCC12C[C@@H](C=O)N(CC)C2. The summed E-state index contributed by atoms with van der Waals surface area (Å²) in [5.41, 5.74) is 0.524. The molecule has 3 atom stereocenters. The number of hydrogen-bond acceptors (Lipinski definition) is 2. The van der Waals surface area contributed by atoms with Crippen LogP contribution in [0.5, 0.6) is 0 Å². The molecule has 2 fully saturated rings. The highest BCUT2D eigenvalue weighted by Gasteiger charge is 2.52. The van der Waals surface area contributed by atoms with Crippen molar-refractivity contribution in [2.45, 2.75) is 45.6 Å². The van der Waals surface area contributed by atoms with Crippen LogP contribution >= 0.6 is 0 Å². The minimum atomic E-state index is 0.217. The van der Waals surface area contributed by atoms with Crippen LogP contribution in [-0.4, -0.2) is 30.3 Å². The second-order valence-electron chi connectivity index (χ2n) is 4.98. The van der Waals surface area contributed by atoms with Gasteiger partial charge in [-0.15, -0.1) is 0 Å². The molecule has 2 rings (SSSR count). The number of likely N-dealkylation sites (tertiary alicyclic amines) is 1. The first-order chi connectivity index (χ1) is 6.75. The van der Waals surface area contributed by atoms with Crippen LogP contribution in [0.2, 0.25) is 0 Å². The number of nitrogens with zero attached hydrogens (tertiary/aromatic N) is 1. The van der Waals surface area contributed by atoms with Crippen molar-refractivity contribution < 1.29 is 4.79 Å². The van der Waals surface area contributed by atoms with Crippen LogP contribution in [0.3, 0.4) is 0 Å². The molecule has 2 nitrogen and oxygen atoms in total. The van der Waals surface area contributed by atoms with E-state index in [0.717, 1.165) is 25.2 Å². The lowest BCUT2D eigenvalue weighted by molar-refractivity contribution is -0.111. The van der Waals surface area contributed by atoms with Gasteiger partial charge in [0.25, 0.3) is 0 Å². The number of carbonyl (C=O) groups excluding carboxylic acids is 1. The largest absolute Gasteiger partial charge is 0.302 e. The molecule has 1 heterocycles. The molecule has 1 spiro atoms. The first-order valence-corrected chi connectivity index (χ1v) is 5.95. The van der Waals surface area contributed by atoms with Gasteiger partial charge in [-0.05, 0) is 37.1 Å². The predicted octanol–water partition coefficient (Wildman–Crippen LogP) is 2.09. The molecular weight excluding hydrogens is 174 g/mol. The second-order valence-corrected chi connectivity index (χ2v) is 4.98. The van der Waals surface area contributed by atoms with E-state index in [1.807, 2.05) is 0 Å². The van der Waals surface area contributed by atoms with Gasteiger partial charge in [0.2, 0.25) is 0 Å². The van der Waals surface area contributed by atoms with E-state index in [2.05, 4.69) is 18.7 Å². The molecular formula is C12H21NO. The minimum Gasteiger partial charge on any atom is -0.302 e. The van der Waals surface area contributed by atoms with Gasteiger partial charge in [-0.1, -0.05) is 20.3 Å². The van der Waals surface area contributed by atoms with Gasteiger partial charge < -0.3 is 4.79 Å². The number of rotatable bonds is 3. The predicted molar refractivity (Wildman–Crippen MR) is 57.2 cm³/mol. The fourth-order valence-corrected chi connectivity index (χ4v) is 3.48. The molecule has 1 saturated carbocycles. The Morgan fingerprint density at radius 3 is 2.64 bits per heavy atom. The molecule has 0 aromatic carbocycles. The summed E-state index contributed by atoms with van der Waals surface area (Å²) in [5.74, 6) is 0.890. The van der Waals surface area contributed by atoms with Crippen molar-refractivity contribution in [2.24, 2.45) is 11.3 Å². The maximum atomic E-state index is 11.0. The van der Waals surface area contributed by atoms with Crippen molar-refractivity contribution in [3.8, 4) is 0 Å². The molecule has 80 valence electrons. The topological polar surface area (TPSA) is 20.3 Å². The highest BCUT2D eigenvalue weighted by molar-refractivity contribution is 5.58. The summed E-state index contributed by atoms with van der Waals surface area (Å²) in [5, 5.41) is 0. The van der Waals surface area contributed by atoms with Crippen LogP contribution in [0, 0.1) is 11.3 Å². The van der Waals surface area contributed by atoms with Crippen molar-refractivity contribution in [1.82, 2.24) is 4.90 Å². The third-order valence-electron chi connectivity index (χ3n) is 4.52. The Balaban J connectivity index is 2.07. The standard InChI is InChI=1S/C12H21NO/c1-3-10-5-6-12(10)7-11(8-14)13(4-2)9-12/h8,10-11H,3-7,9H2,1-2H3/t10?,11-,12?/m0/s1. The summed E-state index contributed by atoms with van der Waals surface area (Å²) < 4.78 is 0. The number of likely N-dealkylation sites (N-methyl/N-ethyl adjacent to an activating group) is 1. The summed E-state index contributed by atoms with van der Waals surface area (Å²) >= 11 is 0. The van der Waals surface area contributed by atoms with Crippen LogP contribution in [0.15, 0.2) is 0 Å². The summed E-state index contributed by atoms with van der Waals surface area (Å²) in [6.07, 6.45) is 6.32. The Hall–Kier alpha value is -0.370. The number of hydrogen-bond donors (Lipinski definition) is 0. The molecule has 1 saturated heterocycles. The number of carbonyl (C=O) groups is 1. The molecule has 2 aliphatic rings. The third kappa shape index (κ3) is 1.31. The Morgan fingerprint density at radius 1 is 1.50 bits per heavy atom. The van der Waals surface area contributed by atoms with Crippen molar-refractivity contribution in [3.63, 3.8) is 0 Å². The monoisotopic (exact) mass is 195 g/mol. The fourth-order valence-electron chi connectivity index (χ4n) is 3.48. The summed E-state index contributed by atoms with van der Waals surface area (Å²) in [6.45, 7) is 6.65. The Morgan fingerprint density at radius 2 is 2.29 bits per heavy atom. The second kappa shape index (κ2) is 3.65. The van der Waals surface area contributed by atoms with E-state index in [-0.39, 0.29) is 6.04 Å². The fraction of sp³-hybridized carbons (Fsp3) is 0.917. The maximum Gasteiger partial charge on any atom is 0.137 e. The molecule has 1 aliphatic carbocycles. The van der Waals surface area contributed by atoms with E-state index in [4.69, 9.17) is 0 Å². The van der Waals surface area contributed by atoms with Gasteiger partial charge in [-0.3, -0.25) is 4.90 Å². The van der Waals surface area contributed by atoms with Gasteiger partial charge >= 0.3 is 0 Å². The van der Waals surface area contributed by atoms with Crippen LogP contribution < -0.4 is 0 Å². The molecule has 0 aromatic rings. The van der Waals surface area contributed by atoms with Crippen molar-refractivity contribution >= 4 is 6.29 Å². The average Bonchev–Trinajstić information content (AvgIpc) is 2.58. The van der Waals surface area contributed by atoms with Gasteiger partial charge in [0, 0.05) is 6.54 Å². The first kappa shape index (κ1) is 10.2. The Bertz CT molecular complexity index is 226. The maximum absolute atomic E-state index is 11.0. The van der Waals surface area contributed by atoms with Gasteiger partial charge in [0.05, 0.1) is 6.04 Å². The third-order valence-corrected chi connectivity index (χ3v) is 4.52. The zero-order valence-corrected chi connectivity index (χ0v) is 9.33. The summed E-state index contributed by atoms with van der Waals surface area (Å²) in [7, 11) is 0. The van der Waals surface area contributed by atoms with Crippen LogP contribution in [-0.2, 0) is 4.79 Å².